The quantitative estimate of drug-likeness (QED) is 0.860. The number of halogens is 2. The Hall–Kier alpha value is -0.0600. The molecule has 1 aliphatic carbocycles. The monoisotopic (exact) mass is 331 g/mol. The molecule has 0 bridgehead atoms. The summed E-state index contributed by atoms with van der Waals surface area (Å²) in [5.74, 6) is -0.185. The summed E-state index contributed by atoms with van der Waals surface area (Å²) in [6.45, 7) is 1.76. The number of hydrogen-bond acceptors (Lipinski definition) is 2. The Labute approximate surface area is 121 Å². The zero-order valence-corrected chi connectivity index (χ0v) is 13.0. The highest BCUT2D eigenvalue weighted by atomic mass is 79.9. The second kappa shape index (κ2) is 6.40. The first-order valence-electron chi connectivity index (χ1n) is 6.35. The molecular weight excluding hydrogens is 313 g/mol. The van der Waals surface area contributed by atoms with Crippen LogP contribution in [0, 0.1) is 5.82 Å². The van der Waals surface area contributed by atoms with Crippen LogP contribution in [-0.2, 0) is 6.54 Å². The first kappa shape index (κ1) is 14.4. The van der Waals surface area contributed by atoms with Crippen LogP contribution in [0.15, 0.2) is 22.7 Å². The Morgan fingerprint density at radius 1 is 1.39 bits per heavy atom. The van der Waals surface area contributed by atoms with Crippen molar-refractivity contribution in [3.8, 4) is 0 Å². The topological polar surface area (TPSA) is 12.0 Å². The number of benzene rings is 1. The van der Waals surface area contributed by atoms with Gasteiger partial charge >= 0.3 is 0 Å². The third kappa shape index (κ3) is 3.49. The Morgan fingerprint density at radius 2 is 2.11 bits per heavy atom. The Bertz CT molecular complexity index is 405. The first-order chi connectivity index (χ1) is 8.65. The Morgan fingerprint density at radius 3 is 2.72 bits per heavy atom. The average Bonchev–Trinajstić information content (AvgIpc) is 2.83. The van der Waals surface area contributed by atoms with E-state index < -0.39 is 0 Å². The van der Waals surface area contributed by atoms with E-state index in [-0.39, 0.29) is 5.82 Å². The maximum absolute atomic E-state index is 13.4. The smallest absolute Gasteiger partial charge is 0.137 e. The number of nitrogens with one attached hydrogen (secondary N) is 1. The molecule has 0 amide bonds. The van der Waals surface area contributed by atoms with Crippen LogP contribution in [0.2, 0.25) is 0 Å². The summed E-state index contributed by atoms with van der Waals surface area (Å²) in [6, 6.07) is 5.32. The molecule has 2 rings (SSSR count). The van der Waals surface area contributed by atoms with Gasteiger partial charge in [0.25, 0.3) is 0 Å². The van der Waals surface area contributed by atoms with E-state index >= 15 is 0 Å². The Balaban J connectivity index is 1.86. The van der Waals surface area contributed by atoms with E-state index in [1.165, 1.54) is 25.7 Å². The standard InChI is InChI=1S/C14H19BrFNS/c1-18-14(6-2-3-7-14)10-17-9-11-4-5-12(15)13(16)8-11/h4-5,8,17H,2-3,6-7,9-10H2,1H3. The fourth-order valence-electron chi connectivity index (χ4n) is 2.56. The molecule has 1 nitrogen and oxygen atoms in total. The fourth-order valence-corrected chi connectivity index (χ4v) is 3.75. The lowest BCUT2D eigenvalue weighted by atomic mass is 10.1. The van der Waals surface area contributed by atoms with Crippen molar-refractivity contribution in [3.63, 3.8) is 0 Å². The van der Waals surface area contributed by atoms with Gasteiger partial charge in [0.2, 0.25) is 0 Å². The second-order valence-corrected chi connectivity index (χ2v) is 7.07. The molecule has 0 aliphatic heterocycles. The van der Waals surface area contributed by atoms with Crippen LogP contribution < -0.4 is 5.32 Å². The van der Waals surface area contributed by atoms with Crippen molar-refractivity contribution in [2.24, 2.45) is 0 Å². The van der Waals surface area contributed by atoms with Gasteiger partial charge in [0, 0.05) is 17.8 Å². The molecule has 1 aromatic carbocycles. The molecular formula is C14H19BrFNS. The number of thioether (sulfide) groups is 1. The van der Waals surface area contributed by atoms with Crippen LogP contribution in [0.5, 0.6) is 0 Å². The van der Waals surface area contributed by atoms with Gasteiger partial charge in [-0.25, -0.2) is 4.39 Å². The Kier molecular flexibility index (Phi) is 5.10. The van der Waals surface area contributed by atoms with Gasteiger partial charge < -0.3 is 5.32 Å². The van der Waals surface area contributed by atoms with Crippen molar-refractivity contribution in [1.82, 2.24) is 5.32 Å². The van der Waals surface area contributed by atoms with E-state index in [9.17, 15) is 4.39 Å². The maximum Gasteiger partial charge on any atom is 0.137 e. The molecule has 0 heterocycles. The van der Waals surface area contributed by atoms with E-state index in [4.69, 9.17) is 0 Å². The SMILES string of the molecule is CSC1(CNCc2ccc(Br)c(F)c2)CCCC1. The van der Waals surface area contributed by atoms with E-state index in [1.54, 1.807) is 12.1 Å². The molecule has 0 radical (unpaired) electrons. The molecule has 0 atom stereocenters. The predicted octanol–water partition coefficient (Wildman–Crippen LogP) is 4.35. The van der Waals surface area contributed by atoms with Crippen LogP contribution in [0.25, 0.3) is 0 Å². The van der Waals surface area contributed by atoms with Crippen molar-refractivity contribution in [3.05, 3.63) is 34.1 Å². The molecule has 0 aromatic heterocycles. The largest absolute Gasteiger partial charge is 0.311 e. The summed E-state index contributed by atoms with van der Waals surface area (Å²) in [5.41, 5.74) is 1.00. The maximum atomic E-state index is 13.4. The van der Waals surface area contributed by atoms with Gasteiger partial charge in [-0.3, -0.25) is 0 Å². The zero-order chi connectivity index (χ0) is 13.0. The highest BCUT2D eigenvalue weighted by Gasteiger charge is 2.32. The third-order valence-electron chi connectivity index (χ3n) is 3.71. The van der Waals surface area contributed by atoms with Gasteiger partial charge in [0.15, 0.2) is 0 Å². The van der Waals surface area contributed by atoms with Crippen LogP contribution in [0.4, 0.5) is 4.39 Å². The molecule has 4 heteroatoms. The van der Waals surface area contributed by atoms with Crippen LogP contribution in [-0.4, -0.2) is 17.5 Å². The number of rotatable bonds is 5. The highest BCUT2D eigenvalue weighted by Crippen LogP contribution is 2.39. The lowest BCUT2D eigenvalue weighted by Gasteiger charge is -2.27. The summed E-state index contributed by atoms with van der Waals surface area (Å²) >= 11 is 5.15. The van der Waals surface area contributed by atoms with Gasteiger partial charge in [0.05, 0.1) is 4.47 Å². The van der Waals surface area contributed by atoms with E-state index in [0.29, 0.717) is 9.22 Å². The van der Waals surface area contributed by atoms with Gasteiger partial charge in [-0.1, -0.05) is 18.9 Å². The lowest BCUT2D eigenvalue weighted by molar-refractivity contribution is 0.532. The molecule has 1 fully saturated rings. The normalized spacial score (nSPS) is 18.2. The third-order valence-corrected chi connectivity index (χ3v) is 5.77. The minimum atomic E-state index is -0.185. The van der Waals surface area contributed by atoms with Crippen molar-refractivity contribution < 1.29 is 4.39 Å². The lowest BCUT2D eigenvalue weighted by Crippen LogP contribution is -2.34. The highest BCUT2D eigenvalue weighted by molar-refractivity contribution is 9.10. The molecule has 0 saturated heterocycles. The number of hydrogen-bond donors (Lipinski definition) is 1. The minimum Gasteiger partial charge on any atom is -0.311 e. The van der Waals surface area contributed by atoms with Gasteiger partial charge in [0.1, 0.15) is 5.82 Å². The zero-order valence-electron chi connectivity index (χ0n) is 10.6. The van der Waals surface area contributed by atoms with Crippen LogP contribution in [0.1, 0.15) is 31.2 Å². The summed E-state index contributed by atoms with van der Waals surface area (Å²) in [7, 11) is 0. The summed E-state index contributed by atoms with van der Waals surface area (Å²) in [4.78, 5) is 0. The average molecular weight is 332 g/mol. The minimum absolute atomic E-state index is 0.185. The van der Waals surface area contributed by atoms with Crippen molar-refractivity contribution in [2.45, 2.75) is 37.0 Å². The van der Waals surface area contributed by atoms with Crippen LogP contribution in [0.3, 0.4) is 0 Å². The fraction of sp³-hybridized carbons (Fsp3) is 0.571. The molecule has 1 aliphatic rings. The van der Waals surface area contributed by atoms with E-state index in [0.717, 1.165) is 18.7 Å². The molecule has 1 N–H and O–H groups in total. The van der Waals surface area contributed by atoms with E-state index in [2.05, 4.69) is 27.5 Å². The summed E-state index contributed by atoms with van der Waals surface area (Å²) < 4.78 is 14.3. The predicted molar refractivity (Wildman–Crippen MR) is 80.5 cm³/mol. The van der Waals surface area contributed by atoms with Crippen molar-refractivity contribution >= 4 is 27.7 Å². The molecule has 18 heavy (non-hydrogen) atoms. The molecule has 0 unspecified atom stereocenters. The van der Waals surface area contributed by atoms with Gasteiger partial charge in [-0.2, -0.15) is 11.8 Å². The van der Waals surface area contributed by atoms with Crippen LogP contribution >= 0.6 is 27.7 Å². The van der Waals surface area contributed by atoms with Gasteiger partial charge in [-0.15, -0.1) is 0 Å². The molecule has 100 valence electrons. The van der Waals surface area contributed by atoms with Crippen molar-refractivity contribution in [1.29, 1.82) is 0 Å². The van der Waals surface area contributed by atoms with E-state index in [1.807, 2.05) is 17.8 Å². The summed E-state index contributed by atoms with van der Waals surface area (Å²) in [5, 5.41) is 3.48. The first-order valence-corrected chi connectivity index (χ1v) is 8.37. The second-order valence-electron chi connectivity index (χ2n) is 4.95. The summed E-state index contributed by atoms with van der Waals surface area (Å²) in [6.07, 6.45) is 7.49. The molecule has 0 spiro atoms. The molecule has 1 saturated carbocycles. The van der Waals surface area contributed by atoms with Crippen molar-refractivity contribution in [2.75, 3.05) is 12.8 Å². The molecule has 1 aromatic rings. The van der Waals surface area contributed by atoms with Gasteiger partial charge in [-0.05, 0) is 52.7 Å².